The topological polar surface area (TPSA) is 47.3 Å². The van der Waals surface area contributed by atoms with Crippen LogP contribution < -0.4 is 15.8 Å². The van der Waals surface area contributed by atoms with E-state index in [9.17, 15) is 0 Å². The molecule has 1 aliphatic heterocycles. The average molecular weight is 218 g/mol. The summed E-state index contributed by atoms with van der Waals surface area (Å²) in [4.78, 5) is 0. The normalized spacial score (nSPS) is 26.8. The number of ether oxygens (including phenoxy) is 1. The number of benzene rings is 1. The number of anilines is 1. The molecule has 0 atom stereocenters. The first-order valence-electron chi connectivity index (χ1n) is 6.06. The highest BCUT2D eigenvalue weighted by molar-refractivity contribution is 5.52. The van der Waals surface area contributed by atoms with Crippen LogP contribution in [-0.4, -0.2) is 19.2 Å². The molecule has 0 bridgehead atoms. The summed E-state index contributed by atoms with van der Waals surface area (Å²) < 4.78 is 5.48. The Bertz CT molecular complexity index is 386. The Balaban J connectivity index is 1.58. The molecule has 1 aliphatic carbocycles. The van der Waals surface area contributed by atoms with Gasteiger partial charge in [0.05, 0.1) is 6.61 Å². The molecule has 0 aromatic heterocycles. The van der Waals surface area contributed by atoms with E-state index in [0.29, 0.717) is 6.04 Å². The van der Waals surface area contributed by atoms with Crippen molar-refractivity contribution >= 4 is 5.69 Å². The van der Waals surface area contributed by atoms with E-state index >= 15 is 0 Å². The van der Waals surface area contributed by atoms with Crippen LogP contribution in [0.2, 0.25) is 0 Å². The van der Waals surface area contributed by atoms with Crippen LogP contribution >= 0.6 is 0 Å². The van der Waals surface area contributed by atoms with Crippen molar-refractivity contribution in [2.45, 2.75) is 25.3 Å². The molecular weight excluding hydrogens is 200 g/mol. The first-order chi connectivity index (χ1) is 7.81. The summed E-state index contributed by atoms with van der Waals surface area (Å²) in [6.45, 7) is 1.88. The van der Waals surface area contributed by atoms with Crippen LogP contribution in [0.1, 0.15) is 18.4 Å². The van der Waals surface area contributed by atoms with Crippen LogP contribution in [0.3, 0.4) is 0 Å². The highest BCUT2D eigenvalue weighted by Crippen LogP contribution is 2.29. The minimum absolute atomic E-state index is 0.445. The Hall–Kier alpha value is -1.22. The number of nitrogens with two attached hydrogens (primary N) is 1. The predicted octanol–water partition coefficient (Wildman–Crippen LogP) is 1.77. The van der Waals surface area contributed by atoms with Gasteiger partial charge in [-0.1, -0.05) is 0 Å². The van der Waals surface area contributed by atoms with Crippen molar-refractivity contribution in [3.05, 3.63) is 23.8 Å². The average Bonchev–Trinajstić information content (AvgIpc) is 2.69. The van der Waals surface area contributed by atoms with Crippen molar-refractivity contribution in [2.75, 3.05) is 18.5 Å². The van der Waals surface area contributed by atoms with E-state index < -0.39 is 0 Å². The van der Waals surface area contributed by atoms with Gasteiger partial charge in [-0.05, 0) is 42.5 Å². The SMILES string of the molecule is NC1CC(CNc2ccc3c(c2)CCO3)C1. The summed E-state index contributed by atoms with van der Waals surface area (Å²) in [5.41, 5.74) is 8.31. The molecule has 2 aliphatic rings. The Morgan fingerprint density at radius 2 is 2.25 bits per heavy atom. The van der Waals surface area contributed by atoms with E-state index in [-0.39, 0.29) is 0 Å². The predicted molar refractivity (Wildman–Crippen MR) is 64.8 cm³/mol. The largest absolute Gasteiger partial charge is 0.493 e. The smallest absolute Gasteiger partial charge is 0.122 e. The number of hydrogen-bond acceptors (Lipinski definition) is 3. The van der Waals surface area contributed by atoms with Crippen molar-refractivity contribution in [3.63, 3.8) is 0 Å². The highest BCUT2D eigenvalue weighted by Gasteiger charge is 2.25. The summed E-state index contributed by atoms with van der Waals surface area (Å²) in [7, 11) is 0. The van der Waals surface area contributed by atoms with E-state index in [2.05, 4.69) is 23.5 Å². The lowest BCUT2D eigenvalue weighted by Gasteiger charge is -2.32. The van der Waals surface area contributed by atoms with Crippen molar-refractivity contribution in [1.29, 1.82) is 0 Å². The van der Waals surface area contributed by atoms with Crippen LogP contribution in [0.5, 0.6) is 5.75 Å². The van der Waals surface area contributed by atoms with Crippen LogP contribution in [0.25, 0.3) is 0 Å². The van der Waals surface area contributed by atoms with Crippen molar-refractivity contribution in [2.24, 2.45) is 11.7 Å². The van der Waals surface area contributed by atoms with Gasteiger partial charge in [-0.25, -0.2) is 0 Å². The lowest BCUT2D eigenvalue weighted by atomic mass is 9.81. The molecular formula is C13H18N2O. The minimum atomic E-state index is 0.445. The monoisotopic (exact) mass is 218 g/mol. The Kier molecular flexibility index (Phi) is 2.48. The molecule has 16 heavy (non-hydrogen) atoms. The second kappa shape index (κ2) is 3.98. The van der Waals surface area contributed by atoms with Gasteiger partial charge in [-0.2, -0.15) is 0 Å². The van der Waals surface area contributed by atoms with Crippen LogP contribution in [0.15, 0.2) is 18.2 Å². The van der Waals surface area contributed by atoms with E-state index in [4.69, 9.17) is 10.5 Å². The third-order valence-electron chi connectivity index (χ3n) is 3.56. The molecule has 3 rings (SSSR count). The summed E-state index contributed by atoms with van der Waals surface area (Å²) in [6, 6.07) is 6.82. The molecule has 3 nitrogen and oxygen atoms in total. The van der Waals surface area contributed by atoms with Crippen LogP contribution in [0.4, 0.5) is 5.69 Å². The molecule has 1 fully saturated rings. The minimum Gasteiger partial charge on any atom is -0.493 e. The molecule has 3 heteroatoms. The second-order valence-corrected chi connectivity index (χ2v) is 4.90. The quantitative estimate of drug-likeness (QED) is 0.813. The lowest BCUT2D eigenvalue weighted by molar-refractivity contribution is 0.280. The Morgan fingerprint density at radius 3 is 3.06 bits per heavy atom. The maximum absolute atomic E-state index is 5.77. The van der Waals surface area contributed by atoms with Crippen molar-refractivity contribution < 1.29 is 4.74 Å². The number of nitrogens with one attached hydrogen (secondary N) is 1. The third-order valence-corrected chi connectivity index (χ3v) is 3.56. The molecule has 1 heterocycles. The molecule has 0 unspecified atom stereocenters. The molecule has 1 saturated carbocycles. The van der Waals surface area contributed by atoms with Gasteiger partial charge < -0.3 is 15.8 Å². The van der Waals surface area contributed by atoms with E-state index in [0.717, 1.165) is 31.2 Å². The highest BCUT2D eigenvalue weighted by atomic mass is 16.5. The van der Waals surface area contributed by atoms with Gasteiger partial charge in [0.15, 0.2) is 0 Å². The van der Waals surface area contributed by atoms with Gasteiger partial charge in [0, 0.05) is 24.7 Å². The number of fused-ring (bicyclic) bond motifs is 1. The lowest BCUT2D eigenvalue weighted by Crippen LogP contribution is -2.39. The van der Waals surface area contributed by atoms with Crippen molar-refractivity contribution in [3.8, 4) is 5.75 Å². The summed E-state index contributed by atoms with van der Waals surface area (Å²) in [5.74, 6) is 1.82. The zero-order chi connectivity index (χ0) is 11.0. The van der Waals surface area contributed by atoms with E-state index in [1.165, 1.54) is 24.1 Å². The molecule has 0 spiro atoms. The van der Waals surface area contributed by atoms with Gasteiger partial charge >= 0.3 is 0 Å². The van der Waals surface area contributed by atoms with Gasteiger partial charge in [-0.3, -0.25) is 0 Å². The number of rotatable bonds is 3. The third kappa shape index (κ3) is 1.87. The van der Waals surface area contributed by atoms with E-state index in [1.54, 1.807) is 0 Å². The summed E-state index contributed by atoms with van der Waals surface area (Å²) >= 11 is 0. The molecule has 1 aromatic rings. The fourth-order valence-corrected chi connectivity index (χ4v) is 2.51. The fourth-order valence-electron chi connectivity index (χ4n) is 2.51. The van der Waals surface area contributed by atoms with Gasteiger partial charge in [0.25, 0.3) is 0 Å². The first kappa shape index (κ1) is 9.97. The summed E-state index contributed by atoms with van der Waals surface area (Å²) in [5, 5.41) is 3.49. The standard InChI is InChI=1S/C13H18N2O/c14-11-5-9(6-11)8-15-12-1-2-13-10(7-12)3-4-16-13/h1-2,7,9,11,15H,3-6,8,14H2. The molecule has 0 amide bonds. The van der Waals surface area contributed by atoms with Crippen molar-refractivity contribution in [1.82, 2.24) is 0 Å². The molecule has 1 aromatic carbocycles. The molecule has 0 saturated heterocycles. The summed E-state index contributed by atoms with van der Waals surface area (Å²) in [6.07, 6.45) is 3.38. The second-order valence-electron chi connectivity index (χ2n) is 4.90. The van der Waals surface area contributed by atoms with Crippen LogP contribution in [0, 0.1) is 5.92 Å². The first-order valence-corrected chi connectivity index (χ1v) is 6.06. The van der Waals surface area contributed by atoms with Gasteiger partial charge in [-0.15, -0.1) is 0 Å². The van der Waals surface area contributed by atoms with E-state index in [1.807, 2.05) is 0 Å². The molecule has 0 radical (unpaired) electrons. The van der Waals surface area contributed by atoms with Crippen LogP contribution in [-0.2, 0) is 6.42 Å². The van der Waals surface area contributed by atoms with Gasteiger partial charge in [0.1, 0.15) is 5.75 Å². The molecule has 86 valence electrons. The zero-order valence-corrected chi connectivity index (χ0v) is 9.41. The zero-order valence-electron chi connectivity index (χ0n) is 9.41. The maximum atomic E-state index is 5.77. The maximum Gasteiger partial charge on any atom is 0.122 e. The number of hydrogen-bond donors (Lipinski definition) is 2. The Labute approximate surface area is 96.0 Å². The fraction of sp³-hybridized carbons (Fsp3) is 0.538. The van der Waals surface area contributed by atoms with Gasteiger partial charge in [0.2, 0.25) is 0 Å². The molecule has 3 N–H and O–H groups in total. The Morgan fingerprint density at radius 1 is 1.38 bits per heavy atom.